The summed E-state index contributed by atoms with van der Waals surface area (Å²) in [4.78, 5) is 13.0. The minimum absolute atomic E-state index is 0.108. The van der Waals surface area contributed by atoms with Crippen LogP contribution in [0.2, 0.25) is 0 Å². The van der Waals surface area contributed by atoms with Crippen LogP contribution in [0.1, 0.15) is 17.0 Å². The Morgan fingerprint density at radius 3 is 2.92 bits per heavy atom. The summed E-state index contributed by atoms with van der Waals surface area (Å²) >= 11 is 5.14. The van der Waals surface area contributed by atoms with Gasteiger partial charge in [-0.3, -0.25) is 4.90 Å². The van der Waals surface area contributed by atoms with E-state index in [0.29, 0.717) is 0 Å². The topological polar surface area (TPSA) is 32.3 Å². The Hall–Kier alpha value is -1.19. The third-order valence-electron chi connectivity index (χ3n) is 4.05. The lowest BCUT2D eigenvalue weighted by Gasteiger charge is -2.25. The van der Waals surface area contributed by atoms with Crippen LogP contribution < -0.4 is 4.90 Å². The number of hydrogen-bond donors (Lipinski definition) is 0. The van der Waals surface area contributed by atoms with Gasteiger partial charge in [0, 0.05) is 53.7 Å². The van der Waals surface area contributed by atoms with E-state index < -0.39 is 11.9 Å². The maximum absolute atomic E-state index is 12.8. The molecule has 2 aromatic heterocycles. The van der Waals surface area contributed by atoms with Gasteiger partial charge in [-0.1, -0.05) is 0 Å². The number of alkyl halides is 3. The molecular formula is C15H16BrF3N4S. The number of anilines is 1. The number of likely N-dealkylation sites (tertiary alicyclic amines) is 1. The predicted molar refractivity (Wildman–Crippen MR) is 91.1 cm³/mol. The molecule has 1 aliphatic heterocycles. The summed E-state index contributed by atoms with van der Waals surface area (Å²) in [5.41, 5.74) is -0.905. The molecule has 3 rings (SSSR count). The van der Waals surface area contributed by atoms with Crippen molar-refractivity contribution in [2.75, 3.05) is 25.0 Å². The van der Waals surface area contributed by atoms with Crippen LogP contribution in [0.3, 0.4) is 0 Å². The molecule has 0 radical (unpaired) electrons. The van der Waals surface area contributed by atoms with Crippen molar-refractivity contribution < 1.29 is 13.2 Å². The third kappa shape index (κ3) is 4.07. The molecule has 0 amide bonds. The molecule has 0 bridgehead atoms. The second kappa shape index (κ2) is 6.97. The van der Waals surface area contributed by atoms with E-state index >= 15 is 0 Å². The van der Waals surface area contributed by atoms with Crippen molar-refractivity contribution in [2.24, 2.45) is 0 Å². The van der Waals surface area contributed by atoms with Crippen molar-refractivity contribution in [3.63, 3.8) is 0 Å². The van der Waals surface area contributed by atoms with Crippen LogP contribution in [0.15, 0.2) is 28.2 Å². The molecular weight excluding hydrogens is 405 g/mol. The zero-order chi connectivity index (χ0) is 17.3. The molecule has 9 heteroatoms. The Balaban J connectivity index is 1.65. The summed E-state index contributed by atoms with van der Waals surface area (Å²) in [6, 6.07) is 3.10. The van der Waals surface area contributed by atoms with Gasteiger partial charge in [0.15, 0.2) is 0 Å². The van der Waals surface area contributed by atoms with Gasteiger partial charge in [-0.05, 0) is 34.5 Å². The fourth-order valence-corrected chi connectivity index (χ4v) is 4.26. The van der Waals surface area contributed by atoms with Gasteiger partial charge in [0.1, 0.15) is 5.69 Å². The Kier molecular flexibility index (Phi) is 5.12. The molecule has 0 saturated carbocycles. The number of thiophene rings is 1. The molecule has 0 aromatic carbocycles. The normalized spacial score (nSPS) is 19.0. The van der Waals surface area contributed by atoms with E-state index in [1.807, 2.05) is 5.38 Å². The highest BCUT2D eigenvalue weighted by molar-refractivity contribution is 9.10. The third-order valence-corrected chi connectivity index (χ3v) is 5.73. The molecule has 1 atom stereocenters. The Labute approximate surface area is 150 Å². The number of aromatic nitrogens is 2. The summed E-state index contributed by atoms with van der Waals surface area (Å²) in [5.74, 6) is 0.121. The average molecular weight is 421 g/mol. The Bertz CT molecular complexity index is 706. The van der Waals surface area contributed by atoms with E-state index in [0.717, 1.165) is 42.8 Å². The number of nitrogens with zero attached hydrogens (tertiary/aromatic N) is 4. The van der Waals surface area contributed by atoms with Gasteiger partial charge < -0.3 is 4.90 Å². The van der Waals surface area contributed by atoms with Gasteiger partial charge >= 0.3 is 6.18 Å². The minimum atomic E-state index is -4.45. The second-order valence-corrected chi connectivity index (χ2v) is 7.67. The van der Waals surface area contributed by atoms with E-state index in [1.165, 1.54) is 4.88 Å². The molecule has 1 aliphatic rings. The van der Waals surface area contributed by atoms with E-state index in [-0.39, 0.29) is 12.0 Å². The van der Waals surface area contributed by atoms with E-state index in [2.05, 4.69) is 36.9 Å². The van der Waals surface area contributed by atoms with Crippen molar-refractivity contribution in [2.45, 2.75) is 25.2 Å². The first-order valence-electron chi connectivity index (χ1n) is 7.41. The van der Waals surface area contributed by atoms with Gasteiger partial charge in [-0.2, -0.15) is 13.2 Å². The summed E-state index contributed by atoms with van der Waals surface area (Å²) < 4.78 is 39.5. The average Bonchev–Trinajstić information content (AvgIpc) is 3.15. The van der Waals surface area contributed by atoms with E-state index in [1.54, 1.807) is 23.3 Å². The number of halogens is 4. The lowest BCUT2D eigenvalue weighted by Crippen LogP contribution is -2.35. The standard InChI is InChI=1S/C15H16BrF3N4S/c1-22(14-20-4-2-13(21-14)15(17,18)19)11-3-5-23(7-11)8-12-6-10(16)9-24-12/h2,4,6,9,11H,3,5,7-8H2,1H3. The summed E-state index contributed by atoms with van der Waals surface area (Å²) in [5, 5.41) is 2.05. The molecule has 2 aromatic rings. The summed E-state index contributed by atoms with van der Waals surface area (Å²) in [6.07, 6.45) is -2.41. The first-order chi connectivity index (χ1) is 11.3. The molecule has 0 N–H and O–H groups in total. The molecule has 0 spiro atoms. The Morgan fingerprint density at radius 1 is 1.46 bits per heavy atom. The molecule has 4 nitrogen and oxygen atoms in total. The van der Waals surface area contributed by atoms with Crippen LogP contribution in [-0.4, -0.2) is 41.0 Å². The van der Waals surface area contributed by atoms with Crippen molar-refractivity contribution in [1.82, 2.24) is 14.9 Å². The van der Waals surface area contributed by atoms with E-state index in [4.69, 9.17) is 0 Å². The van der Waals surface area contributed by atoms with Crippen LogP contribution in [0.4, 0.5) is 19.1 Å². The van der Waals surface area contributed by atoms with Crippen LogP contribution in [0.5, 0.6) is 0 Å². The SMILES string of the molecule is CN(c1nccc(C(F)(F)F)n1)C1CCN(Cc2cc(Br)cs2)C1. The Morgan fingerprint density at radius 2 is 2.25 bits per heavy atom. The van der Waals surface area contributed by atoms with Crippen LogP contribution in [0, 0.1) is 0 Å². The van der Waals surface area contributed by atoms with Gasteiger partial charge in [0.05, 0.1) is 0 Å². The first-order valence-corrected chi connectivity index (χ1v) is 9.08. The highest BCUT2D eigenvalue weighted by Gasteiger charge is 2.34. The smallest absolute Gasteiger partial charge is 0.340 e. The lowest BCUT2D eigenvalue weighted by molar-refractivity contribution is -0.141. The monoisotopic (exact) mass is 420 g/mol. The molecule has 1 unspecified atom stereocenters. The quantitative estimate of drug-likeness (QED) is 0.747. The largest absolute Gasteiger partial charge is 0.433 e. The second-order valence-electron chi connectivity index (χ2n) is 5.76. The molecule has 1 saturated heterocycles. The highest BCUT2D eigenvalue weighted by Crippen LogP contribution is 2.29. The number of rotatable bonds is 4. The summed E-state index contributed by atoms with van der Waals surface area (Å²) in [7, 11) is 1.76. The van der Waals surface area contributed by atoms with Gasteiger partial charge in [0.25, 0.3) is 0 Å². The molecule has 0 aliphatic carbocycles. The molecule has 24 heavy (non-hydrogen) atoms. The van der Waals surface area contributed by atoms with Crippen LogP contribution in [-0.2, 0) is 12.7 Å². The molecule has 1 fully saturated rings. The van der Waals surface area contributed by atoms with Crippen molar-refractivity contribution in [1.29, 1.82) is 0 Å². The van der Waals surface area contributed by atoms with Gasteiger partial charge in [-0.15, -0.1) is 11.3 Å². The zero-order valence-electron chi connectivity index (χ0n) is 12.9. The lowest BCUT2D eigenvalue weighted by atomic mass is 10.2. The van der Waals surface area contributed by atoms with E-state index in [9.17, 15) is 13.2 Å². The predicted octanol–water partition coefficient (Wildman–Crippen LogP) is 4.03. The minimum Gasteiger partial charge on any atom is -0.340 e. The van der Waals surface area contributed by atoms with Gasteiger partial charge in [-0.25, -0.2) is 9.97 Å². The summed E-state index contributed by atoms with van der Waals surface area (Å²) in [6.45, 7) is 2.54. The number of likely N-dealkylation sites (N-methyl/N-ethyl adjacent to an activating group) is 1. The molecule has 130 valence electrons. The first kappa shape index (κ1) is 17.6. The van der Waals surface area contributed by atoms with Crippen LogP contribution in [0.25, 0.3) is 0 Å². The number of hydrogen-bond acceptors (Lipinski definition) is 5. The fraction of sp³-hybridized carbons (Fsp3) is 0.467. The maximum Gasteiger partial charge on any atom is 0.433 e. The molecule has 3 heterocycles. The van der Waals surface area contributed by atoms with Crippen molar-refractivity contribution in [3.05, 3.63) is 38.8 Å². The maximum atomic E-state index is 12.8. The van der Waals surface area contributed by atoms with Crippen LogP contribution >= 0.6 is 27.3 Å². The van der Waals surface area contributed by atoms with Crippen molar-refractivity contribution >= 4 is 33.2 Å². The fourth-order valence-electron chi connectivity index (χ4n) is 2.77. The highest BCUT2D eigenvalue weighted by atomic mass is 79.9. The van der Waals surface area contributed by atoms with Gasteiger partial charge in [0.2, 0.25) is 5.95 Å². The zero-order valence-corrected chi connectivity index (χ0v) is 15.3. The van der Waals surface area contributed by atoms with Crippen molar-refractivity contribution in [3.8, 4) is 0 Å².